The van der Waals surface area contributed by atoms with Gasteiger partial charge >= 0.3 is 0 Å². The number of fused-ring (bicyclic) bond motifs is 3. The lowest BCUT2D eigenvalue weighted by atomic mass is 10.0. The fourth-order valence-corrected chi connectivity index (χ4v) is 3.78. The number of halogens is 1. The molecule has 2 aromatic heterocycles. The van der Waals surface area contributed by atoms with Gasteiger partial charge in [-0.05, 0) is 41.5 Å². The number of benzene rings is 2. The molecule has 4 aromatic rings. The van der Waals surface area contributed by atoms with Crippen LogP contribution in [0.5, 0.6) is 0 Å². The molecule has 2 aromatic carbocycles. The summed E-state index contributed by atoms with van der Waals surface area (Å²) in [5.74, 6) is 0. The van der Waals surface area contributed by atoms with Gasteiger partial charge in [0.05, 0.1) is 0 Å². The van der Waals surface area contributed by atoms with Crippen LogP contribution in [0.4, 0.5) is 0 Å². The fraction of sp³-hybridized carbons (Fsp3) is 0. The Hall–Kier alpha value is -1.71. The van der Waals surface area contributed by atoms with Crippen LogP contribution in [0.1, 0.15) is 0 Å². The molecule has 4 rings (SSSR count). The Morgan fingerprint density at radius 3 is 2.50 bits per heavy atom. The zero-order chi connectivity index (χ0) is 13.5. The van der Waals surface area contributed by atoms with Crippen LogP contribution in [0.3, 0.4) is 0 Å². The average molecular weight is 340 g/mol. The highest BCUT2D eigenvalue weighted by atomic mass is 79.9. The molecule has 2 heterocycles. The summed E-state index contributed by atoms with van der Waals surface area (Å²) in [5.41, 5.74) is 2.48. The first-order valence-electron chi connectivity index (χ1n) is 6.34. The van der Waals surface area contributed by atoms with Gasteiger partial charge in [-0.3, -0.25) is 0 Å². The normalized spacial score (nSPS) is 11.2. The molecule has 0 aliphatic carbocycles. The summed E-state index contributed by atoms with van der Waals surface area (Å²) in [5, 5.41) is 2.54. The van der Waals surface area contributed by atoms with E-state index in [1.165, 1.54) is 26.6 Å². The van der Waals surface area contributed by atoms with Crippen molar-refractivity contribution < 1.29 is 0 Å². The maximum absolute atomic E-state index is 4.44. The van der Waals surface area contributed by atoms with Crippen molar-refractivity contribution in [3.63, 3.8) is 0 Å². The second kappa shape index (κ2) is 4.69. The molecule has 0 radical (unpaired) electrons. The van der Waals surface area contributed by atoms with Crippen LogP contribution in [0.15, 0.2) is 65.3 Å². The first kappa shape index (κ1) is 12.1. The van der Waals surface area contributed by atoms with E-state index in [2.05, 4.69) is 69.4 Å². The van der Waals surface area contributed by atoms with Gasteiger partial charge in [0.25, 0.3) is 0 Å². The summed E-state index contributed by atoms with van der Waals surface area (Å²) in [6.07, 6.45) is 1.85. The van der Waals surface area contributed by atoms with Crippen LogP contribution in [0.2, 0.25) is 0 Å². The van der Waals surface area contributed by atoms with Gasteiger partial charge in [0, 0.05) is 26.1 Å². The SMILES string of the molecule is Brc1ccc(-c2ccc3c(c2)sc2ncccc23)cc1. The second-order valence-corrected chi connectivity index (χ2v) is 6.62. The number of aromatic nitrogens is 1. The van der Waals surface area contributed by atoms with E-state index in [-0.39, 0.29) is 0 Å². The Morgan fingerprint density at radius 1 is 0.850 bits per heavy atom. The van der Waals surface area contributed by atoms with Gasteiger partial charge < -0.3 is 0 Å². The van der Waals surface area contributed by atoms with Crippen molar-refractivity contribution in [1.29, 1.82) is 0 Å². The zero-order valence-corrected chi connectivity index (χ0v) is 12.9. The van der Waals surface area contributed by atoms with E-state index in [0.29, 0.717) is 0 Å². The lowest BCUT2D eigenvalue weighted by Gasteiger charge is -2.02. The maximum atomic E-state index is 4.44. The molecule has 96 valence electrons. The van der Waals surface area contributed by atoms with Crippen molar-refractivity contribution in [1.82, 2.24) is 4.98 Å². The lowest BCUT2D eigenvalue weighted by Crippen LogP contribution is -1.76. The molecule has 3 heteroatoms. The van der Waals surface area contributed by atoms with Gasteiger partial charge in [-0.2, -0.15) is 0 Å². The predicted octanol–water partition coefficient (Wildman–Crippen LogP) is 5.88. The summed E-state index contributed by atoms with van der Waals surface area (Å²) in [6, 6.07) is 19.2. The number of rotatable bonds is 1. The zero-order valence-electron chi connectivity index (χ0n) is 10.5. The monoisotopic (exact) mass is 339 g/mol. The minimum absolute atomic E-state index is 1.10. The van der Waals surface area contributed by atoms with Crippen LogP contribution in [-0.2, 0) is 0 Å². The van der Waals surface area contributed by atoms with Crippen molar-refractivity contribution in [3.05, 3.63) is 65.3 Å². The molecule has 0 atom stereocenters. The van der Waals surface area contributed by atoms with Crippen LogP contribution in [-0.4, -0.2) is 4.98 Å². The first-order valence-corrected chi connectivity index (χ1v) is 7.95. The fourth-order valence-electron chi connectivity index (χ4n) is 2.43. The molecule has 0 N–H and O–H groups in total. The number of nitrogens with zero attached hydrogens (tertiary/aromatic N) is 1. The minimum atomic E-state index is 1.10. The lowest BCUT2D eigenvalue weighted by molar-refractivity contribution is 1.45. The standard InChI is InChI=1S/C17H10BrNS/c18-13-6-3-11(4-7-13)12-5-8-14-15-2-1-9-19-17(15)20-16(14)10-12/h1-10H. The Labute approximate surface area is 129 Å². The van der Waals surface area contributed by atoms with E-state index in [0.717, 1.165) is 9.30 Å². The Balaban J connectivity index is 1.94. The largest absolute Gasteiger partial charge is 0.245 e. The third kappa shape index (κ3) is 1.94. The maximum Gasteiger partial charge on any atom is 0.124 e. The third-order valence-corrected chi connectivity index (χ3v) is 5.03. The van der Waals surface area contributed by atoms with Gasteiger partial charge in [0.1, 0.15) is 4.83 Å². The average Bonchev–Trinajstić information content (AvgIpc) is 2.85. The van der Waals surface area contributed by atoms with Crippen LogP contribution in [0.25, 0.3) is 31.4 Å². The molecule has 0 unspecified atom stereocenters. The molecular formula is C17H10BrNS. The predicted molar refractivity (Wildman–Crippen MR) is 90.3 cm³/mol. The summed E-state index contributed by atoms with van der Waals surface area (Å²) in [7, 11) is 0. The molecule has 1 nitrogen and oxygen atoms in total. The quantitative estimate of drug-likeness (QED) is 0.422. The van der Waals surface area contributed by atoms with Gasteiger partial charge in [0.15, 0.2) is 0 Å². The molecule has 0 saturated heterocycles. The third-order valence-electron chi connectivity index (χ3n) is 3.43. The highest BCUT2D eigenvalue weighted by Gasteiger charge is 2.06. The van der Waals surface area contributed by atoms with E-state index in [4.69, 9.17) is 0 Å². The molecule has 0 bridgehead atoms. The van der Waals surface area contributed by atoms with Crippen molar-refractivity contribution in [3.8, 4) is 11.1 Å². The van der Waals surface area contributed by atoms with Crippen LogP contribution in [0, 0.1) is 0 Å². The van der Waals surface area contributed by atoms with Crippen molar-refractivity contribution >= 4 is 47.6 Å². The Bertz CT molecular complexity index is 909. The van der Waals surface area contributed by atoms with Crippen molar-refractivity contribution in [2.45, 2.75) is 0 Å². The molecule has 0 spiro atoms. The van der Waals surface area contributed by atoms with Gasteiger partial charge in [-0.25, -0.2) is 4.98 Å². The Morgan fingerprint density at radius 2 is 1.65 bits per heavy atom. The van der Waals surface area contributed by atoms with Crippen molar-refractivity contribution in [2.24, 2.45) is 0 Å². The van der Waals surface area contributed by atoms with E-state index in [1.54, 1.807) is 11.3 Å². The van der Waals surface area contributed by atoms with E-state index >= 15 is 0 Å². The number of pyridine rings is 1. The molecular weight excluding hydrogens is 330 g/mol. The first-order chi connectivity index (χ1) is 9.81. The molecule has 0 fully saturated rings. The molecule has 0 amide bonds. The number of hydrogen-bond donors (Lipinski definition) is 0. The summed E-state index contributed by atoms with van der Waals surface area (Å²) in [6.45, 7) is 0. The second-order valence-electron chi connectivity index (χ2n) is 4.68. The summed E-state index contributed by atoms with van der Waals surface area (Å²) in [4.78, 5) is 5.55. The minimum Gasteiger partial charge on any atom is -0.245 e. The van der Waals surface area contributed by atoms with Gasteiger partial charge in [0.2, 0.25) is 0 Å². The molecule has 0 aliphatic heterocycles. The van der Waals surface area contributed by atoms with Crippen molar-refractivity contribution in [2.75, 3.05) is 0 Å². The topological polar surface area (TPSA) is 12.9 Å². The Kier molecular flexibility index (Phi) is 2.83. The van der Waals surface area contributed by atoms with Crippen LogP contribution < -0.4 is 0 Å². The van der Waals surface area contributed by atoms with Gasteiger partial charge in [-0.15, -0.1) is 11.3 Å². The molecule has 20 heavy (non-hydrogen) atoms. The number of hydrogen-bond acceptors (Lipinski definition) is 2. The number of thiophene rings is 1. The van der Waals surface area contributed by atoms with E-state index < -0.39 is 0 Å². The highest BCUT2D eigenvalue weighted by molar-refractivity contribution is 9.10. The summed E-state index contributed by atoms with van der Waals surface area (Å²) >= 11 is 5.23. The smallest absolute Gasteiger partial charge is 0.124 e. The molecule has 0 saturated carbocycles. The van der Waals surface area contributed by atoms with Crippen LogP contribution >= 0.6 is 27.3 Å². The summed E-state index contributed by atoms with van der Waals surface area (Å²) < 4.78 is 2.40. The van der Waals surface area contributed by atoms with E-state index in [1.807, 2.05) is 12.3 Å². The molecule has 0 aliphatic rings. The highest BCUT2D eigenvalue weighted by Crippen LogP contribution is 2.35. The van der Waals surface area contributed by atoms with E-state index in [9.17, 15) is 0 Å². The van der Waals surface area contributed by atoms with Gasteiger partial charge in [-0.1, -0.05) is 40.2 Å².